The van der Waals surface area contributed by atoms with Crippen LogP contribution in [0.4, 0.5) is 0 Å². The second-order valence-electron chi connectivity index (χ2n) is 2.96. The molecule has 4 nitrogen and oxygen atoms in total. The highest BCUT2D eigenvalue weighted by Gasteiger charge is 2.16. The van der Waals surface area contributed by atoms with Crippen LogP contribution < -0.4 is 0 Å². The Bertz CT molecular complexity index is 425. The lowest BCUT2D eigenvalue weighted by Crippen LogP contribution is -2.10. The molecule has 2 aliphatic heterocycles. The van der Waals surface area contributed by atoms with E-state index >= 15 is 0 Å². The number of fused-ring (bicyclic) bond motifs is 1. The maximum atomic E-state index is 10.7. The van der Waals surface area contributed by atoms with Crippen molar-refractivity contribution in [1.82, 2.24) is 0 Å². The van der Waals surface area contributed by atoms with Crippen LogP contribution in [0.5, 0.6) is 0 Å². The maximum absolute atomic E-state index is 10.7. The lowest BCUT2D eigenvalue weighted by molar-refractivity contribution is -0.132. The summed E-state index contributed by atoms with van der Waals surface area (Å²) in [6.45, 7) is 0. The van der Waals surface area contributed by atoms with E-state index in [0.717, 1.165) is 11.3 Å². The van der Waals surface area contributed by atoms with Crippen LogP contribution >= 0.6 is 0 Å². The highest BCUT2D eigenvalue weighted by Crippen LogP contribution is 2.19. The molecule has 0 unspecified atom stereocenters. The van der Waals surface area contributed by atoms with Crippen LogP contribution in [-0.4, -0.2) is 23.0 Å². The summed E-state index contributed by atoms with van der Waals surface area (Å²) in [4.78, 5) is 18.7. The van der Waals surface area contributed by atoms with E-state index in [2.05, 4.69) is 9.98 Å². The third-order valence-corrected chi connectivity index (χ3v) is 2.02. The van der Waals surface area contributed by atoms with Crippen molar-refractivity contribution in [3.8, 4) is 0 Å². The number of carboxylic acids is 1. The highest BCUT2D eigenvalue weighted by molar-refractivity contribution is 6.13. The van der Waals surface area contributed by atoms with Gasteiger partial charge in [-0.15, -0.1) is 0 Å². The highest BCUT2D eigenvalue weighted by atomic mass is 16.4. The fourth-order valence-corrected chi connectivity index (χ4v) is 1.29. The first-order valence-corrected chi connectivity index (χ1v) is 4.17. The number of allylic oxidation sites excluding steroid dienone is 3. The minimum absolute atomic E-state index is 0.309. The minimum atomic E-state index is -0.918. The smallest absolute Gasteiger partial charge is 0.333 e. The van der Waals surface area contributed by atoms with Gasteiger partial charge in [-0.2, -0.15) is 0 Å². The Labute approximate surface area is 80.7 Å². The van der Waals surface area contributed by atoms with E-state index in [1.807, 2.05) is 0 Å². The zero-order valence-electron chi connectivity index (χ0n) is 7.34. The minimum Gasteiger partial charge on any atom is -0.478 e. The quantitative estimate of drug-likeness (QED) is 0.674. The van der Waals surface area contributed by atoms with Crippen LogP contribution in [0, 0.1) is 0 Å². The summed E-state index contributed by atoms with van der Waals surface area (Å²) >= 11 is 0. The number of carboxylic acid groups (broad SMARTS) is 1. The van der Waals surface area contributed by atoms with Gasteiger partial charge >= 0.3 is 5.97 Å². The molecule has 0 atom stereocenters. The van der Waals surface area contributed by atoms with Crippen LogP contribution in [0.2, 0.25) is 0 Å². The zero-order chi connectivity index (χ0) is 9.97. The van der Waals surface area contributed by atoms with E-state index in [0.29, 0.717) is 12.0 Å². The molecule has 0 fully saturated rings. The summed E-state index contributed by atoms with van der Waals surface area (Å²) in [6, 6.07) is 0. The molecule has 2 rings (SSSR count). The van der Waals surface area contributed by atoms with Gasteiger partial charge in [0.25, 0.3) is 0 Å². The molecule has 0 spiro atoms. The number of aliphatic carboxylic acids is 1. The van der Waals surface area contributed by atoms with Crippen molar-refractivity contribution in [2.45, 2.75) is 6.42 Å². The summed E-state index contributed by atoms with van der Waals surface area (Å²) in [5.74, 6) is -0.918. The van der Waals surface area contributed by atoms with Gasteiger partial charge in [0.2, 0.25) is 0 Å². The number of carbonyl (C=O) groups is 1. The second-order valence-corrected chi connectivity index (χ2v) is 2.96. The molecule has 0 bridgehead atoms. The topological polar surface area (TPSA) is 62.0 Å². The second kappa shape index (κ2) is 3.41. The van der Waals surface area contributed by atoms with Gasteiger partial charge in [-0.1, -0.05) is 0 Å². The number of hydrogen-bond donors (Lipinski definition) is 1. The molecule has 1 N–H and O–H groups in total. The Hall–Kier alpha value is -1.97. The van der Waals surface area contributed by atoms with Crippen molar-refractivity contribution in [2.75, 3.05) is 0 Å². The molecule has 0 aliphatic carbocycles. The molecule has 4 heteroatoms. The number of hydrogen-bond acceptors (Lipinski definition) is 3. The first-order chi connectivity index (χ1) is 6.77. The van der Waals surface area contributed by atoms with Gasteiger partial charge < -0.3 is 5.11 Å². The Balaban J connectivity index is 2.38. The Kier molecular flexibility index (Phi) is 2.10. The third kappa shape index (κ3) is 1.54. The average molecular weight is 188 g/mol. The van der Waals surface area contributed by atoms with Gasteiger partial charge in [-0.05, 0) is 17.7 Å². The predicted molar refractivity (Wildman–Crippen MR) is 53.5 cm³/mol. The Morgan fingerprint density at radius 1 is 1.50 bits per heavy atom. The average Bonchev–Trinajstić information content (AvgIpc) is 2.41. The third-order valence-electron chi connectivity index (χ3n) is 2.02. The molecule has 2 heterocycles. The van der Waals surface area contributed by atoms with Crippen molar-refractivity contribution in [2.24, 2.45) is 9.98 Å². The van der Waals surface area contributed by atoms with E-state index in [-0.39, 0.29) is 0 Å². The summed E-state index contributed by atoms with van der Waals surface area (Å²) in [5, 5.41) is 8.78. The fourth-order valence-electron chi connectivity index (χ4n) is 1.29. The van der Waals surface area contributed by atoms with E-state index in [1.165, 1.54) is 6.20 Å². The van der Waals surface area contributed by atoms with Crippen molar-refractivity contribution in [3.63, 3.8) is 0 Å². The van der Waals surface area contributed by atoms with Crippen molar-refractivity contribution in [3.05, 3.63) is 35.7 Å². The SMILES string of the molecule is O=C(O)C1=CN=C2C=CN=CC=C2C1. The van der Waals surface area contributed by atoms with Gasteiger partial charge in [0, 0.05) is 25.0 Å². The van der Waals surface area contributed by atoms with Crippen molar-refractivity contribution in [1.29, 1.82) is 0 Å². The van der Waals surface area contributed by atoms with Crippen LogP contribution in [0.15, 0.2) is 45.7 Å². The number of rotatable bonds is 1. The molecular weight excluding hydrogens is 180 g/mol. The van der Waals surface area contributed by atoms with Gasteiger partial charge in [-0.25, -0.2) is 4.79 Å². The summed E-state index contributed by atoms with van der Waals surface area (Å²) in [7, 11) is 0. The van der Waals surface area contributed by atoms with Gasteiger partial charge in [-0.3, -0.25) is 9.98 Å². The lowest BCUT2D eigenvalue weighted by Gasteiger charge is -2.10. The number of nitrogens with zero attached hydrogens (tertiary/aromatic N) is 2. The lowest BCUT2D eigenvalue weighted by atomic mass is 9.99. The zero-order valence-corrected chi connectivity index (χ0v) is 7.34. The molecule has 0 saturated carbocycles. The van der Waals surface area contributed by atoms with Crippen molar-refractivity contribution < 1.29 is 9.90 Å². The predicted octanol–water partition coefficient (Wildman–Crippen LogP) is 1.32. The molecule has 70 valence electrons. The molecule has 0 radical (unpaired) electrons. The Morgan fingerprint density at radius 2 is 2.36 bits per heavy atom. The molecule has 14 heavy (non-hydrogen) atoms. The maximum Gasteiger partial charge on any atom is 0.333 e. The Morgan fingerprint density at radius 3 is 3.14 bits per heavy atom. The molecule has 0 saturated heterocycles. The summed E-state index contributed by atoms with van der Waals surface area (Å²) < 4.78 is 0. The van der Waals surface area contributed by atoms with Crippen LogP contribution in [0.1, 0.15) is 6.42 Å². The first-order valence-electron chi connectivity index (χ1n) is 4.17. The summed E-state index contributed by atoms with van der Waals surface area (Å²) in [5.41, 5.74) is 1.98. The molecular formula is C10H8N2O2. The van der Waals surface area contributed by atoms with Gasteiger partial charge in [0.15, 0.2) is 0 Å². The van der Waals surface area contributed by atoms with Crippen molar-refractivity contribution >= 4 is 17.9 Å². The van der Waals surface area contributed by atoms with Gasteiger partial charge in [0.05, 0.1) is 11.3 Å². The first kappa shape index (κ1) is 8.62. The molecule has 0 aromatic heterocycles. The number of aliphatic imine (C=N–C) groups is 2. The van der Waals surface area contributed by atoms with Crippen LogP contribution in [0.3, 0.4) is 0 Å². The monoisotopic (exact) mass is 188 g/mol. The molecule has 0 aromatic rings. The van der Waals surface area contributed by atoms with E-state index in [4.69, 9.17) is 5.11 Å². The van der Waals surface area contributed by atoms with Gasteiger partial charge in [0.1, 0.15) is 0 Å². The molecule has 0 aromatic carbocycles. The fraction of sp³-hybridized carbons (Fsp3) is 0.100. The molecule has 0 amide bonds. The normalized spacial score (nSPS) is 19.0. The largest absolute Gasteiger partial charge is 0.478 e. The summed E-state index contributed by atoms with van der Waals surface area (Å²) in [6.07, 6.45) is 8.63. The van der Waals surface area contributed by atoms with Crippen LogP contribution in [-0.2, 0) is 4.79 Å². The van der Waals surface area contributed by atoms with E-state index in [1.54, 1.807) is 24.6 Å². The van der Waals surface area contributed by atoms with E-state index in [9.17, 15) is 4.79 Å². The molecule has 2 aliphatic rings. The van der Waals surface area contributed by atoms with E-state index < -0.39 is 5.97 Å². The van der Waals surface area contributed by atoms with Crippen LogP contribution in [0.25, 0.3) is 0 Å². The standard InChI is InChI=1S/C10H8N2O2/c13-10(14)8-5-7-1-3-11-4-2-9(7)12-6-8/h1-4,6H,5H2,(H,13,14).